The Morgan fingerprint density at radius 2 is 0.885 bits per heavy atom. The Labute approximate surface area is 349 Å². The molecule has 0 atom stereocenters. The van der Waals surface area contributed by atoms with Gasteiger partial charge in [0.2, 0.25) is 0 Å². The van der Waals surface area contributed by atoms with Gasteiger partial charge in [-0.2, -0.15) is 0 Å². The smallest absolute Gasteiger partial charge is 0.144 e. The van der Waals surface area contributed by atoms with Crippen LogP contribution in [0.15, 0.2) is 179 Å². The summed E-state index contributed by atoms with van der Waals surface area (Å²) in [6.45, 7) is 4.74. The summed E-state index contributed by atoms with van der Waals surface area (Å²) in [5, 5.41) is 20.1. The van der Waals surface area contributed by atoms with Crippen LogP contribution in [0, 0.1) is 0 Å². The molecule has 0 spiro atoms. The van der Waals surface area contributed by atoms with Gasteiger partial charge in [-0.25, -0.2) is 0 Å². The fourth-order valence-electron chi connectivity index (χ4n) is 11.7. The molecule has 1 aliphatic rings. The molecule has 0 saturated heterocycles. The minimum atomic E-state index is -0.287. The molecule has 61 heavy (non-hydrogen) atoms. The molecule has 1 aliphatic carbocycles. The zero-order valence-corrected chi connectivity index (χ0v) is 33.5. The first-order valence-electron chi connectivity index (χ1n) is 21.3. The van der Waals surface area contributed by atoms with Crippen LogP contribution in [0.3, 0.4) is 0 Å². The van der Waals surface area contributed by atoms with Gasteiger partial charge in [-0.1, -0.05) is 129 Å². The fraction of sp³-hybridized carbons (Fsp3) is 0.0508. The molecule has 0 saturated carbocycles. The van der Waals surface area contributed by atoms with Gasteiger partial charge in [-0.05, 0) is 153 Å². The van der Waals surface area contributed by atoms with Crippen LogP contribution in [0.25, 0.3) is 142 Å². The first-order valence-corrected chi connectivity index (χ1v) is 21.3. The second kappa shape index (κ2) is 10.9. The Balaban J connectivity index is 0.968. The van der Waals surface area contributed by atoms with Crippen molar-refractivity contribution in [2.45, 2.75) is 19.3 Å². The van der Waals surface area contributed by atoms with E-state index in [1.807, 2.05) is 0 Å². The minimum absolute atomic E-state index is 0.287. The van der Waals surface area contributed by atoms with E-state index in [1.54, 1.807) is 0 Å². The van der Waals surface area contributed by atoms with Crippen molar-refractivity contribution < 1.29 is 8.83 Å². The number of para-hydroxylation sites is 1. The highest BCUT2D eigenvalue weighted by Gasteiger charge is 2.41. The highest BCUT2D eigenvalue weighted by molar-refractivity contribution is 6.27. The van der Waals surface area contributed by atoms with Gasteiger partial charge in [0.15, 0.2) is 0 Å². The third-order valence-electron chi connectivity index (χ3n) is 14.5. The van der Waals surface area contributed by atoms with E-state index in [9.17, 15) is 0 Å². The lowest BCUT2D eigenvalue weighted by Crippen LogP contribution is -2.15. The normalized spacial score (nSPS) is 13.9. The van der Waals surface area contributed by atoms with Crippen LogP contribution in [0.4, 0.5) is 0 Å². The zero-order chi connectivity index (χ0) is 39.9. The Hall–Kier alpha value is -7.68. The van der Waals surface area contributed by atoms with Crippen LogP contribution in [0.5, 0.6) is 0 Å². The summed E-state index contributed by atoms with van der Waals surface area (Å²) >= 11 is 0. The molecule has 0 bridgehead atoms. The van der Waals surface area contributed by atoms with Gasteiger partial charge >= 0.3 is 0 Å². The Kier molecular flexibility index (Phi) is 5.77. The molecular weight excluding hydrogens is 741 g/mol. The molecule has 0 fully saturated rings. The molecule has 2 heterocycles. The standard InChI is InChI=1S/C59H34O2/c1-59(2)45-23-24-48-55(43-22-21-35(29-49(43)60-48)40-25-36-17-13-31-7-5-8-32-14-18-37(26-40)52(36)50(31)32)56(45)57-46(59)30-44(54-42-11-3-4-12-47(42)61-58(54)57)41-27-38-19-15-33-9-6-10-34-16-20-39(28-41)53(38)51(33)34/h3-30H,1-2H3. The topological polar surface area (TPSA) is 26.3 Å². The first-order chi connectivity index (χ1) is 30.0. The summed E-state index contributed by atoms with van der Waals surface area (Å²) in [6, 6.07) is 63.1. The van der Waals surface area contributed by atoms with Crippen molar-refractivity contribution in [2.75, 3.05) is 0 Å². The molecule has 0 N–H and O–H groups in total. The number of benzene rings is 12. The van der Waals surface area contributed by atoms with E-state index in [1.165, 1.54) is 104 Å². The number of furan rings is 2. The maximum Gasteiger partial charge on any atom is 0.144 e. The van der Waals surface area contributed by atoms with Gasteiger partial charge in [-0.15, -0.1) is 0 Å². The zero-order valence-electron chi connectivity index (χ0n) is 33.5. The third kappa shape index (κ3) is 4.03. The van der Waals surface area contributed by atoms with Crippen molar-refractivity contribution in [1.29, 1.82) is 0 Å². The van der Waals surface area contributed by atoms with E-state index in [-0.39, 0.29) is 5.41 Å². The summed E-state index contributed by atoms with van der Waals surface area (Å²) in [6.07, 6.45) is 0. The van der Waals surface area contributed by atoms with Crippen LogP contribution < -0.4 is 0 Å². The van der Waals surface area contributed by atoms with Crippen molar-refractivity contribution in [3.05, 3.63) is 181 Å². The summed E-state index contributed by atoms with van der Waals surface area (Å²) in [5.41, 5.74) is 13.1. The molecule has 15 rings (SSSR count). The van der Waals surface area contributed by atoms with E-state index >= 15 is 0 Å². The second-order valence-corrected chi connectivity index (χ2v) is 18.0. The maximum atomic E-state index is 7.07. The van der Waals surface area contributed by atoms with Crippen LogP contribution in [-0.2, 0) is 5.41 Å². The highest BCUT2D eigenvalue weighted by atomic mass is 16.3. The van der Waals surface area contributed by atoms with Crippen molar-refractivity contribution in [1.82, 2.24) is 0 Å². The predicted octanol–water partition coefficient (Wildman–Crippen LogP) is 16.9. The Morgan fingerprint density at radius 1 is 0.328 bits per heavy atom. The van der Waals surface area contributed by atoms with Crippen molar-refractivity contribution >= 4 is 109 Å². The average Bonchev–Trinajstić information content (AvgIpc) is 3.94. The van der Waals surface area contributed by atoms with Gasteiger partial charge in [0.05, 0.1) is 0 Å². The Morgan fingerprint density at radius 3 is 1.52 bits per heavy atom. The van der Waals surface area contributed by atoms with Crippen molar-refractivity contribution in [3.8, 4) is 33.4 Å². The summed E-state index contributed by atoms with van der Waals surface area (Å²) in [7, 11) is 0. The Bertz CT molecular complexity index is 4120. The summed E-state index contributed by atoms with van der Waals surface area (Å²) in [4.78, 5) is 0. The third-order valence-corrected chi connectivity index (χ3v) is 14.5. The van der Waals surface area contributed by atoms with Crippen molar-refractivity contribution in [2.24, 2.45) is 0 Å². The monoisotopic (exact) mass is 774 g/mol. The van der Waals surface area contributed by atoms with Gasteiger partial charge in [0.1, 0.15) is 22.3 Å². The van der Waals surface area contributed by atoms with Crippen LogP contribution in [0.2, 0.25) is 0 Å². The minimum Gasteiger partial charge on any atom is -0.456 e. The molecule has 14 aromatic rings. The molecule has 0 radical (unpaired) electrons. The van der Waals surface area contributed by atoms with Crippen LogP contribution in [0.1, 0.15) is 25.0 Å². The quantitative estimate of drug-likeness (QED) is 0.164. The maximum absolute atomic E-state index is 7.07. The first kappa shape index (κ1) is 32.2. The summed E-state index contributed by atoms with van der Waals surface area (Å²) in [5.74, 6) is 0. The van der Waals surface area contributed by atoms with Gasteiger partial charge in [0.25, 0.3) is 0 Å². The van der Waals surface area contributed by atoms with E-state index in [0.29, 0.717) is 0 Å². The van der Waals surface area contributed by atoms with E-state index in [2.05, 4.69) is 184 Å². The molecule has 282 valence electrons. The van der Waals surface area contributed by atoms with Crippen LogP contribution >= 0.6 is 0 Å². The lowest BCUT2D eigenvalue weighted by molar-refractivity contribution is 0.652. The molecule has 2 nitrogen and oxygen atoms in total. The second-order valence-electron chi connectivity index (χ2n) is 18.0. The molecule has 12 aromatic carbocycles. The molecular formula is C59H34O2. The number of hydrogen-bond acceptors (Lipinski definition) is 2. The lowest BCUT2D eigenvalue weighted by Gasteiger charge is -2.22. The molecule has 2 heteroatoms. The highest BCUT2D eigenvalue weighted by Crippen LogP contribution is 2.58. The lowest BCUT2D eigenvalue weighted by atomic mass is 9.80. The molecule has 0 unspecified atom stereocenters. The van der Waals surface area contributed by atoms with E-state index < -0.39 is 0 Å². The van der Waals surface area contributed by atoms with Gasteiger partial charge < -0.3 is 8.83 Å². The van der Waals surface area contributed by atoms with Crippen molar-refractivity contribution in [3.63, 3.8) is 0 Å². The molecule has 0 amide bonds. The van der Waals surface area contributed by atoms with Gasteiger partial charge in [0, 0.05) is 38.1 Å². The van der Waals surface area contributed by atoms with E-state index in [4.69, 9.17) is 8.83 Å². The van der Waals surface area contributed by atoms with Gasteiger partial charge in [-0.3, -0.25) is 0 Å². The predicted molar refractivity (Wildman–Crippen MR) is 257 cm³/mol. The molecule has 0 aliphatic heterocycles. The SMILES string of the molecule is CC1(C)c2cc(-c3cc4ccc5cccc6ccc(c3)c4c56)c3c(oc4ccccc43)c2-c2c1ccc1oc3cc(-c4cc5ccc6cccc7ccc(c4)c5c67)ccc3c21. The molecule has 2 aromatic heterocycles. The number of fused-ring (bicyclic) bond motifs is 11. The van der Waals surface area contributed by atoms with E-state index in [0.717, 1.165) is 49.4 Å². The largest absolute Gasteiger partial charge is 0.456 e. The summed E-state index contributed by atoms with van der Waals surface area (Å²) < 4.78 is 13.9. The average molecular weight is 775 g/mol. The fourth-order valence-corrected chi connectivity index (χ4v) is 11.7. The number of hydrogen-bond donors (Lipinski definition) is 0. The number of rotatable bonds is 2. The van der Waals surface area contributed by atoms with Crippen LogP contribution in [-0.4, -0.2) is 0 Å².